The lowest BCUT2D eigenvalue weighted by molar-refractivity contribution is -0.131. The number of hydrogen-bond acceptors (Lipinski definition) is 3. The third-order valence-electron chi connectivity index (χ3n) is 1.67. The molecule has 4 nitrogen and oxygen atoms in total. The summed E-state index contributed by atoms with van der Waals surface area (Å²) in [5.41, 5.74) is -0.144. The molecule has 0 aromatic heterocycles. The van der Waals surface area contributed by atoms with Crippen LogP contribution in [0.5, 0.6) is 5.75 Å². The number of carboxylic acid groups (broad SMARTS) is 1. The molecule has 0 aliphatic heterocycles. The van der Waals surface area contributed by atoms with Crippen LogP contribution in [0.4, 0.5) is 0 Å². The van der Waals surface area contributed by atoms with Gasteiger partial charge in [-0.2, -0.15) is 0 Å². The van der Waals surface area contributed by atoms with Crippen LogP contribution in [-0.4, -0.2) is 22.0 Å². The molecule has 6 heteroatoms. The minimum absolute atomic E-state index is 0.0698. The van der Waals surface area contributed by atoms with Crippen LogP contribution in [-0.2, 0) is 4.79 Å². The number of carbonyl (C=O) groups excluding carboxylic acids is 1. The van der Waals surface area contributed by atoms with E-state index in [2.05, 4.69) is 0 Å². The van der Waals surface area contributed by atoms with Gasteiger partial charge in [-0.25, -0.2) is 4.79 Å². The highest BCUT2D eigenvalue weighted by atomic mass is 35.5. The highest BCUT2D eigenvalue weighted by Crippen LogP contribution is 2.31. The van der Waals surface area contributed by atoms with Crippen molar-refractivity contribution in [1.82, 2.24) is 0 Å². The van der Waals surface area contributed by atoms with E-state index >= 15 is 0 Å². The highest BCUT2D eigenvalue weighted by Gasteiger charge is 2.13. The molecule has 0 atom stereocenters. The third-order valence-corrected chi connectivity index (χ3v) is 2.18. The number of phenolic OH excluding ortho intramolecular Hbond substituents is 1. The first kappa shape index (κ1) is 12.5. The van der Waals surface area contributed by atoms with E-state index < -0.39 is 17.5 Å². The van der Waals surface area contributed by atoms with Crippen LogP contribution >= 0.6 is 23.2 Å². The van der Waals surface area contributed by atoms with Crippen molar-refractivity contribution in [3.63, 3.8) is 0 Å². The first-order valence-corrected chi connectivity index (χ1v) is 4.80. The Morgan fingerprint density at radius 3 is 2.38 bits per heavy atom. The van der Waals surface area contributed by atoms with Gasteiger partial charge in [-0.3, -0.25) is 4.79 Å². The lowest BCUT2D eigenvalue weighted by Crippen LogP contribution is -1.97. The fourth-order valence-electron chi connectivity index (χ4n) is 0.991. The zero-order valence-electron chi connectivity index (χ0n) is 7.78. The zero-order chi connectivity index (χ0) is 12.3. The normalized spacial score (nSPS) is 10.6. The van der Waals surface area contributed by atoms with Crippen molar-refractivity contribution < 1.29 is 19.8 Å². The van der Waals surface area contributed by atoms with Gasteiger partial charge in [0.25, 0.3) is 0 Å². The summed E-state index contributed by atoms with van der Waals surface area (Å²) in [7, 11) is 0. The number of halogens is 2. The molecule has 0 aliphatic rings. The largest absolute Gasteiger partial charge is 0.506 e. The first-order valence-electron chi connectivity index (χ1n) is 4.05. The third kappa shape index (κ3) is 2.98. The van der Waals surface area contributed by atoms with Crippen LogP contribution in [0.2, 0.25) is 10.0 Å². The second kappa shape index (κ2) is 5.01. The maximum absolute atomic E-state index is 11.4. The van der Waals surface area contributed by atoms with E-state index in [0.717, 1.165) is 6.08 Å². The van der Waals surface area contributed by atoms with E-state index in [9.17, 15) is 14.7 Å². The monoisotopic (exact) mass is 260 g/mol. The van der Waals surface area contributed by atoms with E-state index in [4.69, 9.17) is 28.3 Å². The van der Waals surface area contributed by atoms with Gasteiger partial charge in [0.2, 0.25) is 0 Å². The molecule has 1 aromatic rings. The molecule has 0 aliphatic carbocycles. The molecule has 16 heavy (non-hydrogen) atoms. The van der Waals surface area contributed by atoms with Crippen molar-refractivity contribution >= 4 is 35.0 Å². The summed E-state index contributed by atoms with van der Waals surface area (Å²) in [5.74, 6) is -2.38. The molecule has 0 heterocycles. The molecule has 0 spiro atoms. The topological polar surface area (TPSA) is 74.6 Å². The Kier molecular flexibility index (Phi) is 3.93. The number of carboxylic acids is 1. The summed E-state index contributed by atoms with van der Waals surface area (Å²) in [6.45, 7) is 0. The predicted octanol–water partition coefficient (Wildman–Crippen LogP) is 2.52. The molecular formula is C10H6Cl2O4. The van der Waals surface area contributed by atoms with Gasteiger partial charge in [-0.1, -0.05) is 23.2 Å². The Morgan fingerprint density at radius 1 is 1.19 bits per heavy atom. The smallest absolute Gasteiger partial charge is 0.328 e. The quantitative estimate of drug-likeness (QED) is 0.647. The molecule has 1 rings (SSSR count). The summed E-state index contributed by atoms with van der Waals surface area (Å²) in [6, 6.07) is 2.48. The molecule has 0 saturated carbocycles. The summed E-state index contributed by atoms with van der Waals surface area (Å²) in [6.07, 6.45) is 1.47. The highest BCUT2D eigenvalue weighted by molar-refractivity contribution is 6.36. The summed E-state index contributed by atoms with van der Waals surface area (Å²) in [4.78, 5) is 21.6. The summed E-state index contributed by atoms with van der Waals surface area (Å²) in [5, 5.41) is 17.9. The molecule has 0 fully saturated rings. The van der Waals surface area contributed by atoms with Crippen molar-refractivity contribution in [2.24, 2.45) is 0 Å². The van der Waals surface area contributed by atoms with Gasteiger partial charge in [0.05, 0.1) is 10.6 Å². The van der Waals surface area contributed by atoms with Crippen molar-refractivity contribution in [2.45, 2.75) is 0 Å². The molecular weight excluding hydrogens is 255 g/mol. The maximum atomic E-state index is 11.4. The molecule has 0 amide bonds. The van der Waals surface area contributed by atoms with Crippen LogP contribution in [0.1, 0.15) is 10.4 Å². The van der Waals surface area contributed by atoms with Gasteiger partial charge in [0.15, 0.2) is 5.78 Å². The van der Waals surface area contributed by atoms with E-state index in [1.165, 1.54) is 12.1 Å². The number of allylic oxidation sites excluding steroid dienone is 1. The minimum Gasteiger partial charge on any atom is -0.506 e. The number of aliphatic carboxylic acids is 1. The number of rotatable bonds is 3. The average molecular weight is 261 g/mol. The molecule has 0 bridgehead atoms. The van der Waals surface area contributed by atoms with Crippen LogP contribution in [0, 0.1) is 0 Å². The average Bonchev–Trinajstić information content (AvgIpc) is 2.19. The van der Waals surface area contributed by atoms with Gasteiger partial charge >= 0.3 is 5.97 Å². The maximum Gasteiger partial charge on any atom is 0.328 e. The first-order chi connectivity index (χ1) is 7.41. The van der Waals surface area contributed by atoms with E-state index in [1.54, 1.807) is 0 Å². The van der Waals surface area contributed by atoms with Gasteiger partial charge < -0.3 is 10.2 Å². The number of phenols is 1. The summed E-state index contributed by atoms with van der Waals surface area (Å²) >= 11 is 11.2. The van der Waals surface area contributed by atoms with Gasteiger partial charge in [-0.15, -0.1) is 0 Å². The van der Waals surface area contributed by atoms with Gasteiger partial charge in [0.1, 0.15) is 5.75 Å². The lowest BCUT2D eigenvalue weighted by atomic mass is 10.1. The number of carbonyl (C=O) groups is 2. The fourth-order valence-corrected chi connectivity index (χ4v) is 1.48. The standard InChI is InChI=1S/C10H6Cl2O4/c11-5-3-6(10(16)7(12)4-5)8(13)1-2-9(14)15/h1-4,16H,(H,14,15)/b2-1+. The number of hydrogen-bond donors (Lipinski definition) is 2. The van der Waals surface area contributed by atoms with Crippen LogP contribution in [0.25, 0.3) is 0 Å². The van der Waals surface area contributed by atoms with E-state index in [0.29, 0.717) is 6.08 Å². The van der Waals surface area contributed by atoms with Crippen molar-refractivity contribution in [3.8, 4) is 5.75 Å². The number of benzene rings is 1. The Hall–Kier alpha value is -1.52. The molecule has 1 aromatic carbocycles. The summed E-state index contributed by atoms with van der Waals surface area (Å²) < 4.78 is 0. The molecule has 84 valence electrons. The zero-order valence-corrected chi connectivity index (χ0v) is 9.29. The Morgan fingerprint density at radius 2 is 1.81 bits per heavy atom. The van der Waals surface area contributed by atoms with Crippen molar-refractivity contribution in [1.29, 1.82) is 0 Å². The number of aromatic hydroxyl groups is 1. The molecule has 0 radical (unpaired) electrons. The molecule has 0 unspecified atom stereocenters. The fraction of sp³-hybridized carbons (Fsp3) is 0. The van der Waals surface area contributed by atoms with Gasteiger partial charge in [0, 0.05) is 11.1 Å². The molecule has 0 saturated heterocycles. The van der Waals surface area contributed by atoms with Crippen LogP contribution in [0.3, 0.4) is 0 Å². The Balaban J connectivity index is 3.13. The van der Waals surface area contributed by atoms with Crippen LogP contribution in [0.15, 0.2) is 24.3 Å². The van der Waals surface area contributed by atoms with Crippen molar-refractivity contribution in [2.75, 3.05) is 0 Å². The van der Waals surface area contributed by atoms with Gasteiger partial charge in [-0.05, 0) is 18.2 Å². The second-order valence-corrected chi connectivity index (χ2v) is 3.66. The van der Waals surface area contributed by atoms with E-state index in [1.807, 2.05) is 0 Å². The van der Waals surface area contributed by atoms with Crippen LogP contribution < -0.4 is 0 Å². The second-order valence-electron chi connectivity index (χ2n) is 2.82. The number of ketones is 1. The Bertz CT molecular complexity index is 480. The lowest BCUT2D eigenvalue weighted by Gasteiger charge is -2.03. The van der Waals surface area contributed by atoms with Crippen molar-refractivity contribution in [3.05, 3.63) is 39.9 Å². The minimum atomic E-state index is -1.26. The van der Waals surface area contributed by atoms with E-state index in [-0.39, 0.29) is 15.6 Å². The Labute approximate surface area is 101 Å². The predicted molar refractivity (Wildman–Crippen MR) is 59.2 cm³/mol. The SMILES string of the molecule is O=C(O)/C=C/C(=O)c1cc(Cl)cc(Cl)c1O. The molecule has 2 N–H and O–H groups in total.